The van der Waals surface area contributed by atoms with Crippen LogP contribution >= 0.6 is 0 Å². The molecular weight excluding hydrogens is 674 g/mol. The van der Waals surface area contributed by atoms with E-state index in [9.17, 15) is 27.6 Å². The number of ether oxygens (including phenoxy) is 3. The second kappa shape index (κ2) is 14.3. The van der Waals surface area contributed by atoms with Gasteiger partial charge < -0.3 is 19.1 Å². The minimum Gasteiger partial charge on any atom is -0.472 e. The maximum atomic E-state index is 14.5. The molecule has 6 atom stereocenters. The van der Waals surface area contributed by atoms with Gasteiger partial charge in [-0.05, 0) is 72.9 Å². The molecule has 3 fully saturated rings. The van der Waals surface area contributed by atoms with Crippen LogP contribution in [0, 0.1) is 22.7 Å². The van der Waals surface area contributed by atoms with Crippen molar-refractivity contribution >= 4 is 44.4 Å². The Kier molecular flexibility index (Phi) is 10.4. The predicted octanol–water partition coefficient (Wildman–Crippen LogP) is 4.81. The number of ketones is 1. The summed E-state index contributed by atoms with van der Waals surface area (Å²) in [5.74, 6) is -2.81. The minimum atomic E-state index is -3.84. The first-order chi connectivity index (χ1) is 24.2. The lowest BCUT2D eigenvalue weighted by Gasteiger charge is -2.34. The molecule has 2 saturated carbocycles. The number of carbonyl (C=O) groups is 4. The Morgan fingerprint density at radius 1 is 1.16 bits per heavy atom. The van der Waals surface area contributed by atoms with Crippen molar-refractivity contribution in [2.24, 2.45) is 22.7 Å². The molecule has 2 aromatic rings. The third kappa shape index (κ3) is 7.84. The van der Waals surface area contributed by atoms with Gasteiger partial charge in [0.2, 0.25) is 27.7 Å². The number of esters is 1. The fraction of sp³-hybridized carbons (Fsp3) is 0.605. The molecule has 3 heterocycles. The van der Waals surface area contributed by atoms with Crippen LogP contribution in [0.4, 0.5) is 0 Å². The highest BCUT2D eigenvalue weighted by Crippen LogP contribution is 2.57. The minimum absolute atomic E-state index is 0.0511. The van der Waals surface area contributed by atoms with E-state index >= 15 is 0 Å². The van der Waals surface area contributed by atoms with E-state index in [2.05, 4.69) is 16.3 Å². The van der Waals surface area contributed by atoms with Crippen LogP contribution in [0.1, 0.15) is 90.2 Å². The Balaban J connectivity index is 1.34. The normalized spacial score (nSPS) is 29.1. The van der Waals surface area contributed by atoms with Crippen LogP contribution in [0.25, 0.3) is 10.8 Å². The summed E-state index contributed by atoms with van der Waals surface area (Å²) in [6.45, 7) is 9.69. The summed E-state index contributed by atoms with van der Waals surface area (Å²) < 4.78 is 45.6. The number of cyclic esters (lactones) is 1. The molecule has 1 aromatic carbocycles. The summed E-state index contributed by atoms with van der Waals surface area (Å²) in [6.07, 6.45) is 5.41. The van der Waals surface area contributed by atoms with E-state index in [0.717, 1.165) is 22.8 Å². The number of Topliss-reactive ketones (excluding diaryl/α,β-unsaturated/α-hetero) is 1. The molecule has 2 amide bonds. The number of aromatic nitrogens is 1. The van der Waals surface area contributed by atoms with E-state index in [1.165, 1.54) is 4.90 Å². The van der Waals surface area contributed by atoms with Crippen LogP contribution in [0.15, 0.2) is 43.1 Å². The first-order valence-electron chi connectivity index (χ1n) is 17.9. The Hall–Kier alpha value is -3.84. The summed E-state index contributed by atoms with van der Waals surface area (Å²) in [4.78, 5) is 61.6. The van der Waals surface area contributed by atoms with Gasteiger partial charge in [0.25, 0.3) is 0 Å². The van der Waals surface area contributed by atoms with Gasteiger partial charge in [-0.3, -0.25) is 23.9 Å². The van der Waals surface area contributed by atoms with Gasteiger partial charge in [-0.25, -0.2) is 13.4 Å². The fourth-order valence-electron chi connectivity index (χ4n) is 7.58. The van der Waals surface area contributed by atoms with Crippen LogP contribution in [-0.2, 0) is 38.7 Å². The molecule has 0 radical (unpaired) electrons. The number of pyridine rings is 1. The number of amides is 2. The number of benzene rings is 1. The monoisotopic (exact) mass is 723 g/mol. The molecule has 6 rings (SSSR count). The van der Waals surface area contributed by atoms with Gasteiger partial charge in [-0.15, -0.1) is 6.58 Å². The van der Waals surface area contributed by atoms with E-state index in [-0.39, 0.29) is 56.6 Å². The van der Waals surface area contributed by atoms with Gasteiger partial charge in [0.05, 0.1) is 48.3 Å². The van der Waals surface area contributed by atoms with Crippen molar-refractivity contribution < 1.29 is 41.8 Å². The van der Waals surface area contributed by atoms with E-state index in [0.29, 0.717) is 31.6 Å². The molecule has 4 bridgehead atoms. The third-order valence-electron chi connectivity index (χ3n) is 11.0. The molecule has 12 nitrogen and oxygen atoms in total. The summed E-state index contributed by atoms with van der Waals surface area (Å²) in [7, 11) is -2.18. The SMILES string of the molecule is C=C[C@@H]1C[C@]1(CC(=O)[C@@H]1C[C@@H]2CN1C(=O)[C@H](C(C)(C)C)CC(=O)OCCCCC(OC)c1ccc3ccnc(c3c1)O2)C(=O)NS(=O)(=O)C1CC1. The maximum absolute atomic E-state index is 14.5. The van der Waals surface area contributed by atoms with Gasteiger partial charge in [-0.1, -0.05) is 39.0 Å². The number of nitrogens with zero attached hydrogens (tertiary/aromatic N) is 2. The predicted molar refractivity (Wildman–Crippen MR) is 189 cm³/mol. The largest absolute Gasteiger partial charge is 0.472 e. The number of hydrogen-bond donors (Lipinski definition) is 1. The molecular formula is C38H49N3O9S. The van der Waals surface area contributed by atoms with Gasteiger partial charge in [0.15, 0.2) is 5.78 Å². The molecule has 1 unspecified atom stereocenters. The summed E-state index contributed by atoms with van der Waals surface area (Å²) in [6, 6.07) is 6.89. The number of methoxy groups -OCH3 is 1. The third-order valence-corrected chi connectivity index (χ3v) is 12.8. The van der Waals surface area contributed by atoms with Crippen molar-refractivity contribution in [3.63, 3.8) is 0 Å². The highest BCUT2D eigenvalue weighted by molar-refractivity contribution is 7.90. The average Bonchev–Trinajstić information content (AvgIpc) is 4.01. The summed E-state index contributed by atoms with van der Waals surface area (Å²) >= 11 is 0. The molecule has 1 saturated heterocycles. The zero-order valence-electron chi connectivity index (χ0n) is 29.9. The number of carbonyl (C=O) groups excluding carboxylic acids is 4. The molecule has 51 heavy (non-hydrogen) atoms. The van der Waals surface area contributed by atoms with Crippen LogP contribution in [0.5, 0.6) is 5.88 Å². The molecule has 13 heteroatoms. The quantitative estimate of drug-likeness (QED) is 0.296. The molecule has 1 N–H and O–H groups in total. The summed E-state index contributed by atoms with van der Waals surface area (Å²) in [5, 5.41) is 1.07. The van der Waals surface area contributed by atoms with Gasteiger partial charge >= 0.3 is 5.97 Å². The van der Waals surface area contributed by atoms with Crippen LogP contribution in [0.2, 0.25) is 0 Å². The maximum Gasteiger partial charge on any atom is 0.306 e. The second-order valence-electron chi connectivity index (χ2n) is 15.7. The van der Waals surface area contributed by atoms with Crippen LogP contribution < -0.4 is 9.46 Å². The molecule has 2 aliphatic carbocycles. The van der Waals surface area contributed by atoms with Crippen molar-refractivity contribution in [2.45, 2.75) is 102 Å². The highest BCUT2D eigenvalue weighted by atomic mass is 32.2. The Morgan fingerprint density at radius 2 is 1.92 bits per heavy atom. The number of allylic oxidation sites excluding steroid dienone is 1. The standard InChI is InChI=1S/C38H49N3O9S/c1-6-25-20-38(25,36(45)40-51(46,47)27-12-13-27)21-31(42)30-18-26-22-41(30)35(44)29(37(2,3)4)19-33(43)49-16-8-7-9-32(48-5)24-11-10-23-14-15-39-34(50-26)28(23)17-24/h6,10-11,14-15,17,25-27,29-30,32H,1,7-9,12-13,16,18-22H2,2-5H3,(H,40,45)/t25-,26-,29-,30+,32?,38-/m1/s1. The first kappa shape index (κ1) is 36.9. The van der Waals surface area contributed by atoms with Crippen molar-refractivity contribution in [1.29, 1.82) is 0 Å². The van der Waals surface area contributed by atoms with E-state index in [4.69, 9.17) is 14.2 Å². The average molecular weight is 724 g/mol. The Bertz CT molecular complexity index is 1820. The van der Waals surface area contributed by atoms with Gasteiger partial charge in [0.1, 0.15) is 6.10 Å². The molecule has 1 aromatic heterocycles. The highest BCUT2D eigenvalue weighted by Gasteiger charge is 2.61. The Morgan fingerprint density at radius 3 is 2.59 bits per heavy atom. The molecule has 2 aliphatic heterocycles. The second-order valence-corrected chi connectivity index (χ2v) is 17.6. The lowest BCUT2D eigenvalue weighted by Crippen LogP contribution is -2.48. The lowest BCUT2D eigenvalue weighted by molar-refractivity contribution is -0.153. The lowest BCUT2D eigenvalue weighted by atomic mass is 9.77. The fourth-order valence-corrected chi connectivity index (χ4v) is 8.96. The first-order valence-corrected chi connectivity index (χ1v) is 19.5. The smallest absolute Gasteiger partial charge is 0.306 e. The Labute approximate surface area is 299 Å². The van der Waals surface area contributed by atoms with Crippen molar-refractivity contribution in [1.82, 2.24) is 14.6 Å². The van der Waals surface area contributed by atoms with Gasteiger partial charge in [0, 0.05) is 31.5 Å². The van der Waals surface area contributed by atoms with E-state index < -0.39 is 62.0 Å². The number of hydrogen-bond acceptors (Lipinski definition) is 10. The topological polar surface area (TPSA) is 158 Å². The molecule has 4 aliphatic rings. The molecule has 276 valence electrons. The number of nitrogens with one attached hydrogen (secondary N) is 1. The number of rotatable bonds is 8. The molecule has 0 spiro atoms. The zero-order chi connectivity index (χ0) is 36.7. The van der Waals surface area contributed by atoms with Crippen molar-refractivity contribution in [3.05, 3.63) is 48.7 Å². The van der Waals surface area contributed by atoms with E-state index in [1.54, 1.807) is 19.4 Å². The van der Waals surface area contributed by atoms with Crippen LogP contribution in [0.3, 0.4) is 0 Å². The van der Waals surface area contributed by atoms with Crippen molar-refractivity contribution in [2.75, 3.05) is 20.3 Å². The van der Waals surface area contributed by atoms with Crippen LogP contribution in [-0.4, -0.2) is 79.5 Å². The zero-order valence-corrected chi connectivity index (χ0v) is 30.7. The number of sulfonamides is 1. The van der Waals surface area contributed by atoms with Gasteiger partial charge in [-0.2, -0.15) is 0 Å². The summed E-state index contributed by atoms with van der Waals surface area (Å²) in [5.41, 5.74) is -0.996. The van der Waals surface area contributed by atoms with Crippen molar-refractivity contribution in [3.8, 4) is 5.88 Å². The van der Waals surface area contributed by atoms with E-state index in [1.807, 2.05) is 45.0 Å². The number of fused-ring (bicyclic) bond motifs is 3.